The topological polar surface area (TPSA) is 76.0 Å². The molecule has 0 saturated heterocycles. The summed E-state index contributed by atoms with van der Waals surface area (Å²) in [4.78, 5) is 30.5. The summed E-state index contributed by atoms with van der Waals surface area (Å²) < 4.78 is 1.93. The zero-order valence-corrected chi connectivity index (χ0v) is 19.1. The number of carbonyl (C=O) groups excluding carboxylic acids is 2. The molecule has 170 valence electrons. The van der Waals surface area contributed by atoms with Crippen molar-refractivity contribution in [3.8, 4) is 0 Å². The lowest BCUT2D eigenvalue weighted by molar-refractivity contribution is -0.139. The molecule has 4 aliphatic carbocycles. The first kappa shape index (κ1) is 20.7. The monoisotopic (exact) mass is 462 g/mol. The maximum atomic E-state index is 13.0. The second-order valence-corrected chi connectivity index (χ2v) is 10.7. The molecule has 1 aromatic heterocycles. The Morgan fingerprint density at radius 1 is 0.939 bits per heavy atom. The lowest BCUT2D eigenvalue weighted by Crippen LogP contribution is -2.61. The molecule has 0 atom stereocenters. The largest absolute Gasteiger partial charge is 0.342 e. The van der Waals surface area contributed by atoms with E-state index < -0.39 is 11.8 Å². The van der Waals surface area contributed by atoms with E-state index in [9.17, 15) is 9.59 Å². The van der Waals surface area contributed by atoms with Gasteiger partial charge in [0, 0.05) is 10.6 Å². The van der Waals surface area contributed by atoms with Gasteiger partial charge in [0.15, 0.2) is 0 Å². The van der Waals surface area contributed by atoms with Gasteiger partial charge in [0.2, 0.25) is 5.95 Å². The van der Waals surface area contributed by atoms with Crippen LogP contribution in [-0.4, -0.2) is 26.9 Å². The molecule has 0 unspecified atom stereocenters. The Bertz CT molecular complexity index is 1200. The molecule has 3 aromatic rings. The fourth-order valence-corrected chi connectivity index (χ4v) is 6.95. The van der Waals surface area contributed by atoms with E-state index in [4.69, 9.17) is 11.6 Å². The Balaban J connectivity index is 1.23. The number of benzene rings is 2. The summed E-state index contributed by atoms with van der Waals surface area (Å²) in [6, 6.07) is 15.3. The number of anilines is 1. The van der Waals surface area contributed by atoms with Gasteiger partial charge < -0.3 is 9.88 Å². The van der Waals surface area contributed by atoms with E-state index in [-0.39, 0.29) is 5.54 Å². The number of nitrogens with one attached hydrogen (secondary N) is 2. The third-order valence-corrected chi connectivity index (χ3v) is 8.01. The van der Waals surface area contributed by atoms with Crippen LogP contribution in [-0.2, 0) is 16.1 Å². The highest BCUT2D eigenvalue weighted by Gasteiger charge is 2.51. The lowest BCUT2D eigenvalue weighted by atomic mass is 9.53. The number of aromatic nitrogens is 2. The van der Waals surface area contributed by atoms with Crippen LogP contribution in [0.3, 0.4) is 0 Å². The van der Waals surface area contributed by atoms with Gasteiger partial charge in [-0.1, -0.05) is 35.9 Å². The Morgan fingerprint density at radius 3 is 2.24 bits per heavy atom. The summed E-state index contributed by atoms with van der Waals surface area (Å²) >= 11 is 6.03. The number of amides is 2. The van der Waals surface area contributed by atoms with Gasteiger partial charge >= 0.3 is 11.8 Å². The van der Waals surface area contributed by atoms with Gasteiger partial charge in [-0.25, -0.2) is 4.98 Å². The molecule has 2 amide bonds. The van der Waals surface area contributed by atoms with Crippen molar-refractivity contribution in [3.05, 3.63) is 59.1 Å². The van der Waals surface area contributed by atoms with Crippen LogP contribution in [0.25, 0.3) is 11.0 Å². The van der Waals surface area contributed by atoms with Crippen molar-refractivity contribution in [3.63, 3.8) is 0 Å². The van der Waals surface area contributed by atoms with Crippen LogP contribution in [0.4, 0.5) is 5.95 Å². The van der Waals surface area contributed by atoms with Gasteiger partial charge in [-0.05, 0) is 86.1 Å². The SMILES string of the molecule is O=C(Nc1nc2ccccc2n1Cc1ccc(Cl)cc1)C(=O)NC12CC3CC(CC(C3)C1)C2. The van der Waals surface area contributed by atoms with Crippen LogP contribution >= 0.6 is 11.6 Å². The van der Waals surface area contributed by atoms with Crippen LogP contribution in [0.1, 0.15) is 44.1 Å². The number of hydrogen-bond acceptors (Lipinski definition) is 3. The Kier molecular flexibility index (Phi) is 4.94. The molecule has 2 aromatic carbocycles. The maximum Gasteiger partial charge on any atom is 0.316 e. The molecular weight excluding hydrogens is 436 g/mol. The number of carbonyl (C=O) groups is 2. The first-order valence-electron chi connectivity index (χ1n) is 11.8. The molecule has 0 aliphatic heterocycles. The number of hydrogen-bond donors (Lipinski definition) is 2. The van der Waals surface area contributed by atoms with E-state index in [2.05, 4.69) is 15.6 Å². The first-order valence-corrected chi connectivity index (χ1v) is 12.2. The quantitative estimate of drug-likeness (QED) is 0.549. The van der Waals surface area contributed by atoms with Crippen molar-refractivity contribution in [2.75, 3.05) is 5.32 Å². The summed E-state index contributed by atoms with van der Waals surface area (Å²) in [5, 5.41) is 6.61. The molecule has 2 N–H and O–H groups in total. The van der Waals surface area contributed by atoms with Crippen LogP contribution < -0.4 is 10.6 Å². The second kappa shape index (κ2) is 7.87. The van der Waals surface area contributed by atoms with Crippen LogP contribution in [0.15, 0.2) is 48.5 Å². The fourth-order valence-electron chi connectivity index (χ4n) is 6.82. The zero-order valence-electron chi connectivity index (χ0n) is 18.4. The summed E-state index contributed by atoms with van der Waals surface area (Å²) in [6.45, 7) is 0.504. The van der Waals surface area contributed by atoms with Crippen molar-refractivity contribution < 1.29 is 9.59 Å². The summed E-state index contributed by atoms with van der Waals surface area (Å²) in [6.07, 6.45) is 6.88. The second-order valence-electron chi connectivity index (χ2n) is 10.2. The van der Waals surface area contributed by atoms with Crippen molar-refractivity contribution in [2.24, 2.45) is 17.8 Å². The molecule has 0 spiro atoms. The zero-order chi connectivity index (χ0) is 22.6. The highest BCUT2D eigenvalue weighted by molar-refractivity contribution is 6.39. The predicted octanol–water partition coefficient (Wildman–Crippen LogP) is 4.76. The molecule has 7 rings (SSSR count). The number of fused-ring (bicyclic) bond motifs is 1. The van der Waals surface area contributed by atoms with Crippen molar-refractivity contribution in [2.45, 2.75) is 50.6 Å². The van der Waals surface area contributed by atoms with Gasteiger partial charge in [-0.2, -0.15) is 0 Å². The van der Waals surface area contributed by atoms with Gasteiger partial charge in [-0.3, -0.25) is 14.9 Å². The third kappa shape index (κ3) is 3.90. The van der Waals surface area contributed by atoms with E-state index >= 15 is 0 Å². The smallest absolute Gasteiger partial charge is 0.316 e. The van der Waals surface area contributed by atoms with E-state index in [1.54, 1.807) is 0 Å². The number of imidazole rings is 1. The maximum absolute atomic E-state index is 13.0. The molecule has 4 bridgehead atoms. The van der Waals surface area contributed by atoms with Gasteiger partial charge in [-0.15, -0.1) is 0 Å². The minimum absolute atomic E-state index is 0.202. The summed E-state index contributed by atoms with van der Waals surface area (Å²) in [5.74, 6) is 1.26. The van der Waals surface area contributed by atoms with Gasteiger partial charge in [0.25, 0.3) is 0 Å². The summed E-state index contributed by atoms with van der Waals surface area (Å²) in [7, 11) is 0. The van der Waals surface area contributed by atoms with Gasteiger partial charge in [0.05, 0.1) is 17.6 Å². The van der Waals surface area contributed by atoms with E-state index in [1.165, 1.54) is 19.3 Å². The molecule has 33 heavy (non-hydrogen) atoms. The van der Waals surface area contributed by atoms with E-state index in [1.807, 2.05) is 53.1 Å². The summed E-state index contributed by atoms with van der Waals surface area (Å²) in [5.41, 5.74) is 2.48. The normalized spacial score (nSPS) is 27.6. The van der Waals surface area contributed by atoms with E-state index in [0.29, 0.717) is 35.3 Å². The standard InChI is InChI=1S/C26H27ClN4O2/c27-20-7-5-16(6-8-20)15-31-22-4-2-1-3-21(22)28-25(31)29-23(32)24(33)30-26-12-17-9-18(13-26)11-19(10-17)14-26/h1-8,17-19H,9-15H2,(H,30,33)(H,28,29,32). The van der Waals surface area contributed by atoms with Crippen LogP contribution in [0, 0.1) is 17.8 Å². The molecule has 4 aliphatic rings. The Labute approximate surface area is 197 Å². The number of rotatable bonds is 4. The number of para-hydroxylation sites is 2. The first-order chi connectivity index (χ1) is 16.0. The molecule has 1 heterocycles. The average Bonchev–Trinajstić information content (AvgIpc) is 3.11. The van der Waals surface area contributed by atoms with Gasteiger partial charge in [0.1, 0.15) is 0 Å². The van der Waals surface area contributed by atoms with Crippen molar-refractivity contribution >= 4 is 40.4 Å². The molecule has 6 nitrogen and oxygen atoms in total. The minimum Gasteiger partial charge on any atom is -0.342 e. The molecule has 0 radical (unpaired) electrons. The molecule has 4 fully saturated rings. The molecule has 7 heteroatoms. The average molecular weight is 463 g/mol. The lowest BCUT2D eigenvalue weighted by Gasteiger charge is -2.56. The molecular formula is C26H27ClN4O2. The highest BCUT2D eigenvalue weighted by atomic mass is 35.5. The fraction of sp³-hybridized carbons (Fsp3) is 0.423. The molecule has 4 saturated carbocycles. The number of halogens is 1. The minimum atomic E-state index is -0.654. The van der Waals surface area contributed by atoms with Crippen LogP contribution in [0.5, 0.6) is 0 Å². The van der Waals surface area contributed by atoms with Crippen molar-refractivity contribution in [1.29, 1.82) is 0 Å². The van der Waals surface area contributed by atoms with Crippen molar-refractivity contribution in [1.82, 2.24) is 14.9 Å². The Morgan fingerprint density at radius 2 is 1.58 bits per heavy atom. The Hall–Kier alpha value is -2.86. The highest BCUT2D eigenvalue weighted by Crippen LogP contribution is 2.55. The number of nitrogens with zero attached hydrogens (tertiary/aromatic N) is 2. The predicted molar refractivity (Wildman–Crippen MR) is 128 cm³/mol. The van der Waals surface area contributed by atoms with Crippen LogP contribution in [0.2, 0.25) is 5.02 Å². The third-order valence-electron chi connectivity index (χ3n) is 7.76. The van der Waals surface area contributed by atoms with E-state index in [0.717, 1.165) is 35.9 Å².